The molecular weight excluding hydrogens is 242 g/mol. The first-order chi connectivity index (χ1) is 8.87. The Labute approximate surface area is 116 Å². The summed E-state index contributed by atoms with van der Waals surface area (Å²) in [6, 6.07) is 0. The molecule has 1 saturated heterocycles. The molecule has 4 nitrogen and oxygen atoms in total. The van der Waals surface area contributed by atoms with Gasteiger partial charge in [-0.25, -0.2) is 4.79 Å². The second-order valence-corrected chi connectivity index (χ2v) is 7.01. The molecule has 0 aromatic heterocycles. The summed E-state index contributed by atoms with van der Waals surface area (Å²) in [7, 11) is 0. The molecule has 2 unspecified atom stereocenters. The number of hydrogen-bond acceptors (Lipinski definition) is 3. The van der Waals surface area contributed by atoms with E-state index in [1.54, 1.807) is 4.90 Å². The lowest BCUT2D eigenvalue weighted by Gasteiger charge is -2.40. The minimum atomic E-state index is -0.448. The second kappa shape index (κ2) is 5.70. The number of aliphatic hydroxyl groups is 1. The lowest BCUT2D eigenvalue weighted by molar-refractivity contribution is -0.0248. The van der Waals surface area contributed by atoms with E-state index in [0.717, 1.165) is 32.2 Å². The van der Waals surface area contributed by atoms with Crippen molar-refractivity contribution in [3.63, 3.8) is 0 Å². The van der Waals surface area contributed by atoms with Gasteiger partial charge in [-0.05, 0) is 52.4 Å². The Kier molecular flexibility index (Phi) is 4.39. The van der Waals surface area contributed by atoms with Crippen molar-refractivity contribution in [2.75, 3.05) is 13.1 Å². The van der Waals surface area contributed by atoms with Crippen LogP contribution in [0.5, 0.6) is 0 Å². The Hall–Kier alpha value is -0.770. The lowest BCUT2D eigenvalue weighted by Crippen LogP contribution is -2.47. The Morgan fingerprint density at radius 2 is 1.84 bits per heavy atom. The molecule has 1 N–H and O–H groups in total. The van der Waals surface area contributed by atoms with Crippen LogP contribution in [0.2, 0.25) is 0 Å². The third-order valence-electron chi connectivity index (χ3n) is 4.23. The van der Waals surface area contributed by atoms with Crippen LogP contribution in [0.3, 0.4) is 0 Å². The largest absolute Gasteiger partial charge is 0.444 e. The van der Waals surface area contributed by atoms with Gasteiger partial charge >= 0.3 is 6.09 Å². The lowest BCUT2D eigenvalue weighted by atomic mass is 9.75. The molecule has 0 aromatic carbocycles. The number of aliphatic hydroxyl groups excluding tert-OH is 1. The van der Waals surface area contributed by atoms with Crippen molar-refractivity contribution in [1.29, 1.82) is 0 Å². The van der Waals surface area contributed by atoms with Gasteiger partial charge in [-0.15, -0.1) is 0 Å². The molecular formula is C15H27NO3. The molecule has 1 aliphatic carbocycles. The first-order valence-corrected chi connectivity index (χ1v) is 7.53. The molecule has 110 valence electrons. The van der Waals surface area contributed by atoms with Crippen molar-refractivity contribution in [1.82, 2.24) is 4.90 Å². The Morgan fingerprint density at radius 1 is 1.21 bits per heavy atom. The van der Waals surface area contributed by atoms with E-state index in [2.05, 4.69) is 0 Å². The fraction of sp³-hybridized carbons (Fsp3) is 0.933. The standard InChI is InChI=1S/C15H27NO3/c1-15(2,3)19-14(18)16-9-5-8-12(10-16)13(17)11-6-4-7-11/h11-13,17H,4-10H2,1-3H3. The van der Waals surface area contributed by atoms with E-state index in [-0.39, 0.29) is 18.1 Å². The highest BCUT2D eigenvalue weighted by Crippen LogP contribution is 2.35. The van der Waals surface area contributed by atoms with Crippen LogP contribution in [0.15, 0.2) is 0 Å². The molecule has 2 fully saturated rings. The molecule has 4 heteroatoms. The van der Waals surface area contributed by atoms with E-state index < -0.39 is 5.60 Å². The Balaban J connectivity index is 1.87. The van der Waals surface area contributed by atoms with Crippen molar-refractivity contribution >= 4 is 6.09 Å². The van der Waals surface area contributed by atoms with Crippen LogP contribution in [-0.2, 0) is 4.74 Å². The number of amides is 1. The average Bonchev–Trinajstić information content (AvgIpc) is 2.24. The van der Waals surface area contributed by atoms with Crippen molar-refractivity contribution < 1.29 is 14.6 Å². The molecule has 0 radical (unpaired) electrons. The van der Waals surface area contributed by atoms with E-state index in [9.17, 15) is 9.90 Å². The number of rotatable bonds is 2. The summed E-state index contributed by atoms with van der Waals surface area (Å²) in [4.78, 5) is 13.8. The first kappa shape index (κ1) is 14.6. The first-order valence-electron chi connectivity index (χ1n) is 7.53. The van der Waals surface area contributed by atoms with E-state index >= 15 is 0 Å². The van der Waals surface area contributed by atoms with Crippen molar-refractivity contribution in [2.45, 2.75) is 64.6 Å². The normalized spacial score (nSPS) is 26.7. The van der Waals surface area contributed by atoms with E-state index in [0.29, 0.717) is 12.5 Å². The van der Waals surface area contributed by atoms with Gasteiger partial charge in [-0.2, -0.15) is 0 Å². The van der Waals surface area contributed by atoms with Gasteiger partial charge in [0.2, 0.25) is 0 Å². The fourth-order valence-electron chi connectivity index (χ4n) is 2.95. The van der Waals surface area contributed by atoms with Gasteiger partial charge in [0, 0.05) is 19.0 Å². The molecule has 0 bridgehead atoms. The summed E-state index contributed by atoms with van der Waals surface area (Å²) < 4.78 is 5.41. The van der Waals surface area contributed by atoms with Gasteiger partial charge in [-0.1, -0.05) is 6.42 Å². The van der Waals surface area contributed by atoms with Crippen LogP contribution in [0.4, 0.5) is 4.79 Å². The third-order valence-corrected chi connectivity index (χ3v) is 4.23. The summed E-state index contributed by atoms with van der Waals surface area (Å²) in [5.41, 5.74) is -0.448. The predicted octanol–water partition coefficient (Wildman–Crippen LogP) is 2.79. The van der Waals surface area contributed by atoms with Crippen LogP contribution in [0.25, 0.3) is 0 Å². The van der Waals surface area contributed by atoms with Crippen LogP contribution in [-0.4, -0.2) is 40.9 Å². The van der Waals surface area contributed by atoms with Gasteiger partial charge in [0.05, 0.1) is 6.10 Å². The maximum atomic E-state index is 12.1. The van der Waals surface area contributed by atoms with Crippen molar-refractivity contribution in [3.8, 4) is 0 Å². The summed E-state index contributed by atoms with van der Waals surface area (Å²) in [5.74, 6) is 0.690. The number of nitrogens with zero attached hydrogens (tertiary/aromatic N) is 1. The zero-order valence-electron chi connectivity index (χ0n) is 12.4. The summed E-state index contributed by atoms with van der Waals surface area (Å²) in [5, 5.41) is 10.3. The third kappa shape index (κ3) is 3.85. The minimum Gasteiger partial charge on any atom is -0.444 e. The van der Waals surface area contributed by atoms with Gasteiger partial charge in [-0.3, -0.25) is 0 Å². The Morgan fingerprint density at radius 3 is 2.37 bits per heavy atom. The maximum absolute atomic E-state index is 12.1. The molecule has 2 rings (SSSR count). The monoisotopic (exact) mass is 269 g/mol. The number of piperidine rings is 1. The van der Waals surface area contributed by atoms with Crippen LogP contribution >= 0.6 is 0 Å². The minimum absolute atomic E-state index is 0.228. The summed E-state index contributed by atoms with van der Waals surface area (Å²) >= 11 is 0. The van der Waals surface area contributed by atoms with Gasteiger partial charge < -0.3 is 14.7 Å². The zero-order valence-corrected chi connectivity index (χ0v) is 12.4. The van der Waals surface area contributed by atoms with Gasteiger partial charge in [0.25, 0.3) is 0 Å². The van der Waals surface area contributed by atoms with E-state index in [1.165, 1.54) is 6.42 Å². The Bertz CT molecular complexity index is 320. The molecule has 19 heavy (non-hydrogen) atoms. The molecule has 0 aromatic rings. The topological polar surface area (TPSA) is 49.8 Å². The van der Waals surface area contributed by atoms with Crippen LogP contribution in [0.1, 0.15) is 52.9 Å². The number of ether oxygens (including phenoxy) is 1. The van der Waals surface area contributed by atoms with Crippen LogP contribution in [0, 0.1) is 11.8 Å². The highest BCUT2D eigenvalue weighted by atomic mass is 16.6. The molecule has 2 aliphatic rings. The molecule has 1 amide bonds. The van der Waals surface area contributed by atoms with Crippen molar-refractivity contribution in [2.24, 2.45) is 11.8 Å². The smallest absolute Gasteiger partial charge is 0.410 e. The van der Waals surface area contributed by atoms with E-state index in [4.69, 9.17) is 4.74 Å². The SMILES string of the molecule is CC(C)(C)OC(=O)N1CCCC(C(O)C2CCC2)C1. The maximum Gasteiger partial charge on any atom is 0.410 e. The molecule has 2 atom stereocenters. The van der Waals surface area contributed by atoms with Gasteiger partial charge in [0.15, 0.2) is 0 Å². The molecule has 1 heterocycles. The van der Waals surface area contributed by atoms with Crippen molar-refractivity contribution in [3.05, 3.63) is 0 Å². The van der Waals surface area contributed by atoms with Crippen LogP contribution < -0.4 is 0 Å². The number of hydrogen-bond donors (Lipinski definition) is 1. The molecule has 1 aliphatic heterocycles. The highest BCUT2D eigenvalue weighted by Gasteiger charge is 2.36. The highest BCUT2D eigenvalue weighted by molar-refractivity contribution is 5.68. The molecule has 1 saturated carbocycles. The predicted molar refractivity (Wildman–Crippen MR) is 73.9 cm³/mol. The zero-order chi connectivity index (χ0) is 14.0. The second-order valence-electron chi connectivity index (χ2n) is 7.01. The average molecular weight is 269 g/mol. The van der Waals surface area contributed by atoms with E-state index in [1.807, 2.05) is 20.8 Å². The fourth-order valence-corrected chi connectivity index (χ4v) is 2.95. The molecule has 0 spiro atoms. The summed E-state index contributed by atoms with van der Waals surface area (Å²) in [6.07, 6.45) is 5.04. The number of likely N-dealkylation sites (tertiary alicyclic amines) is 1. The van der Waals surface area contributed by atoms with Gasteiger partial charge in [0.1, 0.15) is 5.60 Å². The number of carbonyl (C=O) groups excluding carboxylic acids is 1. The summed E-state index contributed by atoms with van der Waals surface area (Å²) in [6.45, 7) is 7.05. The number of carbonyl (C=O) groups is 1. The quantitative estimate of drug-likeness (QED) is 0.838.